The maximum atomic E-state index is 5.69. The molecular formula is C12H18BrNO. The van der Waals surface area contributed by atoms with Gasteiger partial charge in [0.05, 0.1) is 0 Å². The van der Waals surface area contributed by atoms with Gasteiger partial charge in [-0.05, 0) is 66.3 Å². The molecule has 0 bridgehead atoms. The van der Waals surface area contributed by atoms with E-state index in [1.54, 1.807) is 0 Å². The summed E-state index contributed by atoms with van der Waals surface area (Å²) in [6.45, 7) is 4.56. The quantitative estimate of drug-likeness (QED) is 0.910. The second-order valence-corrected chi connectivity index (χ2v) is 5.03. The van der Waals surface area contributed by atoms with Gasteiger partial charge in [-0.2, -0.15) is 0 Å². The SMILES string of the molecule is CCC(c1ccc(Br)o1)C1CCNCC1. The number of nitrogens with one attached hydrogen (secondary N) is 1. The Morgan fingerprint density at radius 2 is 2.20 bits per heavy atom. The third-order valence-corrected chi connectivity index (χ3v) is 3.78. The van der Waals surface area contributed by atoms with Crippen molar-refractivity contribution in [2.24, 2.45) is 5.92 Å². The fourth-order valence-corrected chi connectivity index (χ4v) is 2.86. The number of hydrogen-bond acceptors (Lipinski definition) is 2. The van der Waals surface area contributed by atoms with Crippen LogP contribution >= 0.6 is 15.9 Å². The van der Waals surface area contributed by atoms with Gasteiger partial charge in [0, 0.05) is 5.92 Å². The van der Waals surface area contributed by atoms with Gasteiger partial charge in [-0.1, -0.05) is 6.92 Å². The summed E-state index contributed by atoms with van der Waals surface area (Å²) in [5, 5.41) is 3.41. The van der Waals surface area contributed by atoms with Crippen LogP contribution in [-0.2, 0) is 0 Å². The summed E-state index contributed by atoms with van der Waals surface area (Å²) in [6.07, 6.45) is 3.72. The fraction of sp³-hybridized carbons (Fsp3) is 0.667. The molecule has 1 aliphatic rings. The van der Waals surface area contributed by atoms with Crippen molar-refractivity contribution >= 4 is 15.9 Å². The van der Waals surface area contributed by atoms with E-state index in [-0.39, 0.29) is 0 Å². The Hall–Kier alpha value is -0.280. The second-order valence-electron chi connectivity index (χ2n) is 4.24. The topological polar surface area (TPSA) is 25.2 Å². The van der Waals surface area contributed by atoms with Crippen LogP contribution in [-0.4, -0.2) is 13.1 Å². The Morgan fingerprint density at radius 1 is 1.47 bits per heavy atom. The van der Waals surface area contributed by atoms with Crippen molar-refractivity contribution in [3.05, 3.63) is 22.6 Å². The molecule has 1 aromatic heterocycles. The lowest BCUT2D eigenvalue weighted by atomic mass is 9.82. The van der Waals surface area contributed by atoms with Gasteiger partial charge in [-0.25, -0.2) is 0 Å². The van der Waals surface area contributed by atoms with Crippen LogP contribution in [0.2, 0.25) is 0 Å². The highest BCUT2D eigenvalue weighted by molar-refractivity contribution is 9.10. The molecule has 0 amide bonds. The van der Waals surface area contributed by atoms with Crippen molar-refractivity contribution < 1.29 is 4.42 Å². The lowest BCUT2D eigenvalue weighted by molar-refractivity contribution is 0.279. The summed E-state index contributed by atoms with van der Waals surface area (Å²) >= 11 is 3.37. The van der Waals surface area contributed by atoms with Crippen LogP contribution in [0.4, 0.5) is 0 Å². The number of rotatable bonds is 3. The lowest BCUT2D eigenvalue weighted by Crippen LogP contribution is -2.30. The first kappa shape index (κ1) is 11.2. The van der Waals surface area contributed by atoms with Crippen LogP contribution in [0.1, 0.15) is 37.9 Å². The molecule has 0 saturated carbocycles. The molecule has 1 aliphatic heterocycles. The molecule has 1 saturated heterocycles. The van der Waals surface area contributed by atoms with E-state index in [4.69, 9.17) is 4.42 Å². The van der Waals surface area contributed by atoms with Crippen LogP contribution in [0.15, 0.2) is 21.2 Å². The number of halogens is 1. The Balaban J connectivity index is 2.08. The molecule has 2 nitrogen and oxygen atoms in total. The number of furan rings is 1. The average molecular weight is 272 g/mol. The van der Waals surface area contributed by atoms with E-state index in [0.717, 1.165) is 29.4 Å². The van der Waals surface area contributed by atoms with Crippen LogP contribution in [0.3, 0.4) is 0 Å². The van der Waals surface area contributed by atoms with Gasteiger partial charge >= 0.3 is 0 Å². The summed E-state index contributed by atoms with van der Waals surface area (Å²) in [5.74, 6) is 2.53. The predicted molar refractivity (Wildman–Crippen MR) is 65.0 cm³/mol. The summed E-state index contributed by atoms with van der Waals surface area (Å²) in [4.78, 5) is 0. The maximum Gasteiger partial charge on any atom is 0.169 e. The van der Waals surface area contributed by atoms with E-state index in [1.807, 2.05) is 6.07 Å². The summed E-state index contributed by atoms with van der Waals surface area (Å²) < 4.78 is 6.54. The molecule has 84 valence electrons. The summed E-state index contributed by atoms with van der Waals surface area (Å²) in [7, 11) is 0. The van der Waals surface area contributed by atoms with Crippen molar-refractivity contribution in [2.45, 2.75) is 32.1 Å². The molecule has 3 heteroatoms. The summed E-state index contributed by atoms with van der Waals surface area (Å²) in [5.41, 5.74) is 0. The van der Waals surface area contributed by atoms with Crippen molar-refractivity contribution in [1.29, 1.82) is 0 Å². The largest absolute Gasteiger partial charge is 0.454 e. The van der Waals surface area contributed by atoms with Crippen LogP contribution in [0.5, 0.6) is 0 Å². The van der Waals surface area contributed by atoms with Gasteiger partial charge in [0.15, 0.2) is 4.67 Å². The molecule has 15 heavy (non-hydrogen) atoms. The van der Waals surface area contributed by atoms with Crippen molar-refractivity contribution in [3.63, 3.8) is 0 Å². The minimum absolute atomic E-state index is 0.596. The van der Waals surface area contributed by atoms with E-state index in [9.17, 15) is 0 Å². The average Bonchev–Trinajstić information content (AvgIpc) is 2.68. The Morgan fingerprint density at radius 3 is 2.73 bits per heavy atom. The predicted octanol–water partition coefficient (Wildman–Crippen LogP) is 3.54. The fourth-order valence-electron chi connectivity index (χ4n) is 2.54. The van der Waals surface area contributed by atoms with Crippen LogP contribution < -0.4 is 5.32 Å². The maximum absolute atomic E-state index is 5.69. The third kappa shape index (κ3) is 2.64. The van der Waals surface area contributed by atoms with Crippen LogP contribution in [0.25, 0.3) is 0 Å². The zero-order valence-electron chi connectivity index (χ0n) is 9.13. The number of hydrogen-bond donors (Lipinski definition) is 1. The molecule has 0 radical (unpaired) electrons. The van der Waals surface area contributed by atoms with Gasteiger partial charge < -0.3 is 9.73 Å². The van der Waals surface area contributed by atoms with E-state index in [1.165, 1.54) is 19.3 Å². The van der Waals surface area contributed by atoms with E-state index >= 15 is 0 Å². The van der Waals surface area contributed by atoms with Crippen molar-refractivity contribution in [1.82, 2.24) is 5.32 Å². The molecule has 2 heterocycles. The van der Waals surface area contributed by atoms with Crippen LogP contribution in [0, 0.1) is 5.92 Å². The minimum atomic E-state index is 0.596. The molecule has 0 aliphatic carbocycles. The minimum Gasteiger partial charge on any atom is -0.454 e. The Labute approximate surface area is 99.6 Å². The second kappa shape index (κ2) is 5.17. The highest BCUT2D eigenvalue weighted by Gasteiger charge is 2.25. The number of piperidine rings is 1. The van der Waals surface area contributed by atoms with Gasteiger partial charge in [0.25, 0.3) is 0 Å². The monoisotopic (exact) mass is 271 g/mol. The molecule has 1 fully saturated rings. The first-order valence-electron chi connectivity index (χ1n) is 5.77. The zero-order valence-corrected chi connectivity index (χ0v) is 10.7. The van der Waals surface area contributed by atoms with E-state index in [0.29, 0.717) is 5.92 Å². The zero-order chi connectivity index (χ0) is 10.7. The first-order valence-corrected chi connectivity index (χ1v) is 6.56. The third-order valence-electron chi connectivity index (χ3n) is 3.35. The molecular weight excluding hydrogens is 254 g/mol. The molecule has 0 spiro atoms. The highest BCUT2D eigenvalue weighted by Crippen LogP contribution is 2.35. The lowest BCUT2D eigenvalue weighted by Gasteiger charge is -2.28. The molecule has 1 atom stereocenters. The molecule has 1 aromatic rings. The Kier molecular flexibility index (Phi) is 3.87. The smallest absolute Gasteiger partial charge is 0.169 e. The standard InChI is InChI=1S/C12H18BrNO/c1-2-10(9-5-7-14-8-6-9)11-3-4-12(13)15-11/h3-4,9-10,14H,2,5-8H2,1H3. The van der Waals surface area contributed by atoms with Gasteiger partial charge in [0.1, 0.15) is 5.76 Å². The van der Waals surface area contributed by atoms with Crippen molar-refractivity contribution in [2.75, 3.05) is 13.1 Å². The molecule has 1 unspecified atom stereocenters. The van der Waals surface area contributed by atoms with Gasteiger partial charge in [-0.3, -0.25) is 0 Å². The molecule has 0 aromatic carbocycles. The van der Waals surface area contributed by atoms with E-state index < -0.39 is 0 Å². The molecule has 2 rings (SSSR count). The Bertz CT molecular complexity index is 304. The van der Waals surface area contributed by atoms with E-state index in [2.05, 4.69) is 34.2 Å². The first-order chi connectivity index (χ1) is 7.31. The molecule has 1 N–H and O–H groups in total. The van der Waals surface area contributed by atoms with Gasteiger partial charge in [0.2, 0.25) is 0 Å². The highest BCUT2D eigenvalue weighted by atomic mass is 79.9. The van der Waals surface area contributed by atoms with Gasteiger partial charge in [-0.15, -0.1) is 0 Å². The summed E-state index contributed by atoms with van der Waals surface area (Å²) in [6, 6.07) is 4.11. The van der Waals surface area contributed by atoms with Crippen molar-refractivity contribution in [3.8, 4) is 0 Å². The normalized spacial score (nSPS) is 20.4.